The first-order valence-corrected chi connectivity index (χ1v) is 8.35. The van der Waals surface area contributed by atoms with E-state index in [1.807, 2.05) is 13.8 Å². The number of carboxylic acid groups (broad SMARTS) is 1. The summed E-state index contributed by atoms with van der Waals surface area (Å²) >= 11 is 0. The number of amides is 2. The van der Waals surface area contributed by atoms with Crippen LogP contribution in [-0.2, 0) is 9.59 Å². The van der Waals surface area contributed by atoms with Gasteiger partial charge in [0, 0.05) is 30.3 Å². The van der Waals surface area contributed by atoms with Gasteiger partial charge in [0.05, 0.1) is 5.92 Å². The van der Waals surface area contributed by atoms with Crippen molar-refractivity contribution in [3.63, 3.8) is 0 Å². The summed E-state index contributed by atoms with van der Waals surface area (Å²) in [6, 6.07) is 6.82. The molecule has 1 unspecified atom stereocenters. The topological polar surface area (TPSA) is 86.7 Å². The molecule has 24 heavy (non-hydrogen) atoms. The molecule has 1 fully saturated rings. The van der Waals surface area contributed by atoms with Crippen LogP contribution in [-0.4, -0.2) is 40.9 Å². The second-order valence-corrected chi connectivity index (χ2v) is 6.28. The van der Waals surface area contributed by atoms with E-state index < -0.39 is 5.97 Å². The summed E-state index contributed by atoms with van der Waals surface area (Å²) in [7, 11) is 0. The molecule has 2 rings (SSSR count). The van der Waals surface area contributed by atoms with Crippen molar-refractivity contribution >= 4 is 23.5 Å². The van der Waals surface area contributed by atoms with Crippen LogP contribution in [0.3, 0.4) is 0 Å². The van der Waals surface area contributed by atoms with Crippen molar-refractivity contribution < 1.29 is 19.5 Å². The number of carbonyl (C=O) groups is 3. The maximum atomic E-state index is 12.5. The number of likely N-dealkylation sites (tertiary alicyclic amines) is 1. The van der Waals surface area contributed by atoms with Crippen molar-refractivity contribution in [1.82, 2.24) is 4.90 Å². The smallest absolute Gasteiger partial charge is 0.306 e. The number of aliphatic carboxylic acids is 1. The Balaban J connectivity index is 1.94. The molecule has 1 heterocycles. The number of hydrogen-bond acceptors (Lipinski definition) is 3. The Morgan fingerprint density at radius 2 is 1.79 bits per heavy atom. The van der Waals surface area contributed by atoms with Gasteiger partial charge in [0.15, 0.2) is 0 Å². The molecule has 1 aliphatic rings. The highest BCUT2D eigenvalue weighted by atomic mass is 16.4. The van der Waals surface area contributed by atoms with E-state index in [-0.39, 0.29) is 23.7 Å². The first-order valence-electron chi connectivity index (χ1n) is 8.35. The Morgan fingerprint density at radius 1 is 1.21 bits per heavy atom. The quantitative estimate of drug-likeness (QED) is 0.868. The van der Waals surface area contributed by atoms with E-state index >= 15 is 0 Å². The van der Waals surface area contributed by atoms with E-state index in [9.17, 15) is 14.4 Å². The molecule has 0 spiro atoms. The molecule has 2 amide bonds. The zero-order valence-corrected chi connectivity index (χ0v) is 14.1. The normalized spacial score (nSPS) is 16.5. The maximum Gasteiger partial charge on any atom is 0.306 e. The van der Waals surface area contributed by atoms with Gasteiger partial charge in [-0.1, -0.05) is 13.8 Å². The maximum absolute atomic E-state index is 12.5. The molecule has 0 saturated carbocycles. The van der Waals surface area contributed by atoms with Crippen LogP contribution >= 0.6 is 0 Å². The molecule has 0 aliphatic carbocycles. The van der Waals surface area contributed by atoms with Crippen molar-refractivity contribution in [3.05, 3.63) is 29.8 Å². The van der Waals surface area contributed by atoms with Gasteiger partial charge in [0.25, 0.3) is 5.91 Å². The molecule has 1 atom stereocenters. The Morgan fingerprint density at radius 3 is 2.29 bits per heavy atom. The van der Waals surface area contributed by atoms with E-state index in [1.165, 1.54) is 0 Å². The Hall–Kier alpha value is -2.37. The van der Waals surface area contributed by atoms with Crippen molar-refractivity contribution in [2.24, 2.45) is 11.8 Å². The van der Waals surface area contributed by atoms with Crippen molar-refractivity contribution in [2.45, 2.75) is 33.1 Å². The summed E-state index contributed by atoms with van der Waals surface area (Å²) in [6.07, 6.45) is 1.75. The summed E-state index contributed by atoms with van der Waals surface area (Å²) in [4.78, 5) is 37.0. The predicted octanol–water partition coefficient (Wildman–Crippen LogP) is 2.61. The molecule has 1 saturated heterocycles. The minimum atomic E-state index is -0.788. The van der Waals surface area contributed by atoms with Crippen molar-refractivity contribution in [2.75, 3.05) is 18.4 Å². The molecule has 0 aromatic heterocycles. The SMILES string of the molecule is CCC(C)C(=O)Nc1ccc(C(=O)N2CCC(C(=O)O)CC2)cc1. The summed E-state index contributed by atoms with van der Waals surface area (Å²) in [5, 5.41) is 11.8. The number of carbonyl (C=O) groups excluding carboxylic acids is 2. The summed E-state index contributed by atoms with van der Waals surface area (Å²) < 4.78 is 0. The van der Waals surface area contributed by atoms with Crippen LogP contribution in [0.15, 0.2) is 24.3 Å². The third kappa shape index (κ3) is 4.34. The summed E-state index contributed by atoms with van der Waals surface area (Å²) in [6.45, 7) is 4.75. The van der Waals surface area contributed by atoms with Gasteiger partial charge in [0.2, 0.25) is 5.91 Å². The predicted molar refractivity (Wildman–Crippen MR) is 90.8 cm³/mol. The van der Waals surface area contributed by atoms with Gasteiger partial charge in [0.1, 0.15) is 0 Å². The first-order chi connectivity index (χ1) is 11.4. The molecule has 0 bridgehead atoms. The van der Waals surface area contributed by atoms with Crippen molar-refractivity contribution in [1.29, 1.82) is 0 Å². The fraction of sp³-hybridized carbons (Fsp3) is 0.500. The second kappa shape index (κ2) is 7.95. The molecule has 130 valence electrons. The minimum absolute atomic E-state index is 0.0349. The molecule has 6 heteroatoms. The summed E-state index contributed by atoms with van der Waals surface area (Å²) in [5.74, 6) is -1.33. The average molecular weight is 332 g/mol. The molecule has 1 aromatic carbocycles. The lowest BCUT2D eigenvalue weighted by Gasteiger charge is -2.30. The zero-order valence-electron chi connectivity index (χ0n) is 14.1. The third-order valence-electron chi connectivity index (χ3n) is 4.59. The summed E-state index contributed by atoms with van der Waals surface area (Å²) in [5.41, 5.74) is 1.21. The van der Waals surface area contributed by atoms with E-state index in [2.05, 4.69) is 5.32 Å². The number of nitrogens with one attached hydrogen (secondary N) is 1. The van der Waals surface area contributed by atoms with Crippen LogP contribution in [0.25, 0.3) is 0 Å². The van der Waals surface area contributed by atoms with E-state index in [4.69, 9.17) is 5.11 Å². The van der Waals surface area contributed by atoms with Gasteiger partial charge in [-0.05, 0) is 43.5 Å². The molecule has 1 aliphatic heterocycles. The number of anilines is 1. The number of piperidine rings is 1. The Labute approximate surface area is 141 Å². The molecule has 0 radical (unpaired) electrons. The Kier molecular flexibility index (Phi) is 5.95. The van der Waals surface area contributed by atoms with Crippen LogP contribution in [0.5, 0.6) is 0 Å². The molecular weight excluding hydrogens is 308 g/mol. The van der Waals surface area contributed by atoms with Gasteiger partial charge in [-0.15, -0.1) is 0 Å². The lowest BCUT2D eigenvalue weighted by Crippen LogP contribution is -2.40. The van der Waals surface area contributed by atoms with Crippen LogP contribution < -0.4 is 5.32 Å². The highest BCUT2D eigenvalue weighted by Gasteiger charge is 2.27. The fourth-order valence-electron chi connectivity index (χ4n) is 2.66. The number of carboxylic acids is 1. The van der Waals surface area contributed by atoms with E-state index in [0.29, 0.717) is 37.2 Å². The fourth-order valence-corrected chi connectivity index (χ4v) is 2.66. The van der Waals surface area contributed by atoms with Crippen LogP contribution in [0.4, 0.5) is 5.69 Å². The zero-order chi connectivity index (χ0) is 17.7. The average Bonchev–Trinajstić information content (AvgIpc) is 2.61. The number of rotatable bonds is 5. The number of hydrogen-bond donors (Lipinski definition) is 2. The first kappa shape index (κ1) is 18.0. The third-order valence-corrected chi connectivity index (χ3v) is 4.59. The van der Waals surface area contributed by atoms with Crippen LogP contribution in [0, 0.1) is 11.8 Å². The van der Waals surface area contributed by atoms with Gasteiger partial charge in [-0.3, -0.25) is 14.4 Å². The highest BCUT2D eigenvalue weighted by Crippen LogP contribution is 2.20. The van der Waals surface area contributed by atoms with Gasteiger partial charge in [-0.25, -0.2) is 0 Å². The molecule has 1 aromatic rings. The number of nitrogens with zero attached hydrogens (tertiary/aromatic N) is 1. The van der Waals surface area contributed by atoms with Gasteiger partial charge < -0.3 is 15.3 Å². The van der Waals surface area contributed by atoms with Crippen LogP contribution in [0.1, 0.15) is 43.5 Å². The second-order valence-electron chi connectivity index (χ2n) is 6.28. The monoisotopic (exact) mass is 332 g/mol. The largest absolute Gasteiger partial charge is 0.481 e. The van der Waals surface area contributed by atoms with Crippen LogP contribution in [0.2, 0.25) is 0 Å². The number of benzene rings is 1. The lowest BCUT2D eigenvalue weighted by atomic mass is 9.96. The highest BCUT2D eigenvalue weighted by molar-refractivity contribution is 5.96. The molecule has 2 N–H and O–H groups in total. The lowest BCUT2D eigenvalue weighted by molar-refractivity contribution is -0.143. The molecule has 6 nitrogen and oxygen atoms in total. The van der Waals surface area contributed by atoms with Crippen molar-refractivity contribution in [3.8, 4) is 0 Å². The Bertz CT molecular complexity index is 604. The molecular formula is C18H24N2O4. The standard InChI is InChI=1S/C18H24N2O4/c1-3-12(2)16(21)19-15-6-4-13(5-7-15)17(22)20-10-8-14(9-11-20)18(23)24/h4-7,12,14H,3,8-11H2,1-2H3,(H,19,21)(H,23,24). The van der Waals surface area contributed by atoms with E-state index in [0.717, 1.165) is 6.42 Å². The minimum Gasteiger partial charge on any atom is -0.481 e. The van der Waals surface area contributed by atoms with E-state index in [1.54, 1.807) is 29.2 Å². The van der Waals surface area contributed by atoms with Gasteiger partial charge >= 0.3 is 5.97 Å². The van der Waals surface area contributed by atoms with Gasteiger partial charge in [-0.2, -0.15) is 0 Å².